The van der Waals surface area contributed by atoms with Crippen LogP contribution in [-0.4, -0.2) is 67.6 Å². The maximum absolute atomic E-state index is 14.1. The number of hydrogen-bond acceptors (Lipinski definition) is 5. The zero-order valence-electron chi connectivity index (χ0n) is 21.5. The molecule has 2 aromatic rings. The summed E-state index contributed by atoms with van der Waals surface area (Å²) in [7, 11) is 0. The molecule has 9 heteroatoms. The first-order valence-corrected chi connectivity index (χ1v) is 13.9. The van der Waals surface area contributed by atoms with E-state index in [1.54, 1.807) is 0 Å². The van der Waals surface area contributed by atoms with E-state index in [0.717, 1.165) is 24.8 Å². The monoisotopic (exact) mass is 537 g/mol. The first kappa shape index (κ1) is 26.4. The fraction of sp³-hybridized carbons (Fsp3) is 0.414. The van der Waals surface area contributed by atoms with E-state index in [-0.39, 0.29) is 35.4 Å². The number of carbonyl (C=O) groups is 3. The van der Waals surface area contributed by atoms with Crippen LogP contribution in [0.25, 0.3) is 0 Å². The number of likely N-dealkylation sites (tertiary alicyclic amines) is 1. The van der Waals surface area contributed by atoms with Crippen molar-refractivity contribution in [2.24, 2.45) is 0 Å². The summed E-state index contributed by atoms with van der Waals surface area (Å²) in [5.41, 5.74) is 1.14. The van der Waals surface area contributed by atoms with Gasteiger partial charge in [0.25, 0.3) is 11.8 Å². The van der Waals surface area contributed by atoms with Crippen molar-refractivity contribution < 1.29 is 23.9 Å². The third-order valence-corrected chi connectivity index (χ3v) is 9.28. The maximum atomic E-state index is 14.1. The highest BCUT2D eigenvalue weighted by Gasteiger charge is 2.66. The summed E-state index contributed by atoms with van der Waals surface area (Å²) < 4.78 is 14.1. The average Bonchev–Trinajstić information content (AvgIpc) is 3.22. The molecular formula is C29H32FN3O4S. The molecule has 1 aliphatic carbocycles. The van der Waals surface area contributed by atoms with Crippen molar-refractivity contribution in [3.05, 3.63) is 83.2 Å². The molecule has 0 bridgehead atoms. The van der Waals surface area contributed by atoms with Crippen LogP contribution < -0.4 is 5.32 Å². The van der Waals surface area contributed by atoms with Crippen molar-refractivity contribution in [3.8, 4) is 0 Å². The molecular weight excluding hydrogens is 505 g/mol. The molecule has 5 atom stereocenters. The Kier molecular flexibility index (Phi) is 7.33. The van der Waals surface area contributed by atoms with Gasteiger partial charge in [-0.25, -0.2) is 4.39 Å². The quantitative estimate of drug-likeness (QED) is 0.418. The number of amides is 3. The zero-order valence-corrected chi connectivity index (χ0v) is 22.3. The van der Waals surface area contributed by atoms with Gasteiger partial charge in [-0.05, 0) is 62.8 Å². The Morgan fingerprint density at radius 2 is 1.97 bits per heavy atom. The van der Waals surface area contributed by atoms with Gasteiger partial charge in [0, 0.05) is 5.56 Å². The number of halogens is 1. The molecule has 0 saturated carbocycles. The average molecular weight is 538 g/mol. The van der Waals surface area contributed by atoms with E-state index in [9.17, 15) is 23.9 Å². The predicted molar refractivity (Wildman–Crippen MR) is 144 cm³/mol. The third kappa shape index (κ3) is 4.62. The first-order valence-electron chi connectivity index (χ1n) is 12.9. The van der Waals surface area contributed by atoms with Crippen molar-refractivity contribution in [2.75, 3.05) is 5.88 Å². The SMILES string of the molecule is Cc1c(F)cccc1C(=O)N[C@@H](Cc1ccccc1)[C@H](O)C(=O)N1CSC2(C)[C@H]1C(=O)N2[C@@H]1C=CCCC1. The highest BCUT2D eigenvalue weighted by atomic mass is 32.2. The van der Waals surface area contributed by atoms with Gasteiger partial charge in [-0.1, -0.05) is 48.6 Å². The van der Waals surface area contributed by atoms with Crippen LogP contribution >= 0.6 is 11.8 Å². The molecule has 2 fully saturated rings. The Bertz CT molecular complexity index is 1270. The van der Waals surface area contributed by atoms with Crippen LogP contribution in [0, 0.1) is 12.7 Å². The summed E-state index contributed by atoms with van der Waals surface area (Å²) in [5, 5.41) is 14.1. The number of rotatable bonds is 7. The number of allylic oxidation sites excluding steroid dienone is 1. The van der Waals surface area contributed by atoms with Crippen molar-refractivity contribution in [1.29, 1.82) is 0 Å². The van der Waals surface area contributed by atoms with E-state index in [1.165, 1.54) is 41.8 Å². The number of aliphatic hydroxyl groups excluding tert-OH is 1. The highest BCUT2D eigenvalue weighted by Crippen LogP contribution is 2.52. The number of carbonyl (C=O) groups excluding carboxylic acids is 3. The van der Waals surface area contributed by atoms with Crippen molar-refractivity contribution >= 4 is 29.5 Å². The van der Waals surface area contributed by atoms with E-state index in [4.69, 9.17) is 0 Å². The molecule has 7 nitrogen and oxygen atoms in total. The molecule has 38 heavy (non-hydrogen) atoms. The van der Waals surface area contributed by atoms with Crippen molar-refractivity contribution in [3.63, 3.8) is 0 Å². The maximum Gasteiger partial charge on any atom is 0.255 e. The van der Waals surface area contributed by atoms with Gasteiger partial charge >= 0.3 is 0 Å². The standard InChI is InChI=1S/C29H32FN3O4S/c1-18-21(14-9-15-22(18)30)26(35)31-23(16-19-10-5-3-6-11-19)24(34)27(36)32-17-38-29(2)25(32)28(37)33(29)20-12-7-4-8-13-20/h3,5-7,9-12,14-15,20,23-25,34H,4,8,13,16-17H2,1-2H3,(H,31,35)/t20-,23+,24+,25-,29?/m1/s1. The van der Waals surface area contributed by atoms with Gasteiger partial charge in [-0.2, -0.15) is 0 Å². The second kappa shape index (κ2) is 10.5. The summed E-state index contributed by atoms with van der Waals surface area (Å²) >= 11 is 1.52. The molecule has 2 aliphatic heterocycles. The number of nitrogens with zero attached hydrogens (tertiary/aromatic N) is 2. The summed E-state index contributed by atoms with van der Waals surface area (Å²) in [4.78, 5) is 42.8. The van der Waals surface area contributed by atoms with E-state index < -0.39 is 40.7 Å². The molecule has 0 aromatic heterocycles. The number of β-lactam (4-membered cyclic amide) rings is 1. The Morgan fingerprint density at radius 3 is 2.68 bits per heavy atom. The van der Waals surface area contributed by atoms with Crippen molar-refractivity contribution in [2.45, 2.75) is 68.6 Å². The van der Waals surface area contributed by atoms with Crippen LogP contribution in [0.4, 0.5) is 4.39 Å². The molecule has 0 spiro atoms. The predicted octanol–water partition coefficient (Wildman–Crippen LogP) is 3.40. The molecule has 1 unspecified atom stereocenters. The number of benzene rings is 2. The lowest BCUT2D eigenvalue weighted by Gasteiger charge is -2.55. The van der Waals surface area contributed by atoms with Crippen LogP contribution in [0.5, 0.6) is 0 Å². The van der Waals surface area contributed by atoms with Gasteiger partial charge in [0.05, 0.1) is 18.0 Å². The number of thioether (sulfide) groups is 1. The van der Waals surface area contributed by atoms with Crippen LogP contribution in [-0.2, 0) is 16.0 Å². The molecule has 3 aliphatic rings. The zero-order chi connectivity index (χ0) is 27.0. The van der Waals surface area contributed by atoms with Crippen molar-refractivity contribution in [1.82, 2.24) is 15.1 Å². The molecule has 3 amide bonds. The lowest BCUT2D eigenvalue weighted by atomic mass is 9.88. The minimum atomic E-state index is -1.59. The minimum absolute atomic E-state index is 0.0181. The van der Waals surface area contributed by atoms with Gasteiger partial charge in [-0.15, -0.1) is 11.8 Å². The summed E-state index contributed by atoms with van der Waals surface area (Å²) in [6.45, 7) is 3.48. The Labute approximate surface area is 226 Å². The first-order chi connectivity index (χ1) is 18.2. The van der Waals surface area contributed by atoms with Gasteiger partial charge in [0.1, 0.15) is 16.7 Å². The lowest BCUT2D eigenvalue weighted by Crippen LogP contribution is -2.76. The van der Waals surface area contributed by atoms with Crippen LogP contribution in [0.3, 0.4) is 0 Å². The van der Waals surface area contributed by atoms with E-state index >= 15 is 0 Å². The molecule has 200 valence electrons. The molecule has 2 heterocycles. The van der Waals surface area contributed by atoms with Gasteiger partial charge in [0.15, 0.2) is 6.10 Å². The summed E-state index contributed by atoms with van der Waals surface area (Å²) in [6, 6.07) is 11.8. The fourth-order valence-electron chi connectivity index (χ4n) is 5.74. The second-order valence-electron chi connectivity index (χ2n) is 10.3. The third-order valence-electron chi connectivity index (χ3n) is 7.87. The van der Waals surface area contributed by atoms with E-state index in [2.05, 4.69) is 17.5 Å². The molecule has 2 aromatic carbocycles. The molecule has 0 radical (unpaired) electrons. The largest absolute Gasteiger partial charge is 0.381 e. The van der Waals surface area contributed by atoms with Crippen LogP contribution in [0.1, 0.15) is 47.7 Å². The van der Waals surface area contributed by atoms with Gasteiger partial charge in [-0.3, -0.25) is 14.4 Å². The number of fused-ring (bicyclic) bond motifs is 1. The normalized spacial score (nSPS) is 25.9. The smallest absolute Gasteiger partial charge is 0.255 e. The number of aliphatic hydroxyl groups is 1. The van der Waals surface area contributed by atoms with Gasteiger partial charge in [0.2, 0.25) is 5.91 Å². The fourth-order valence-corrected chi connectivity index (χ4v) is 7.16. The summed E-state index contributed by atoms with van der Waals surface area (Å²) in [6.07, 6.45) is 5.68. The minimum Gasteiger partial charge on any atom is -0.381 e. The topological polar surface area (TPSA) is 90.0 Å². The molecule has 5 rings (SSSR count). The van der Waals surface area contributed by atoms with E-state index in [0.29, 0.717) is 0 Å². The van der Waals surface area contributed by atoms with Gasteiger partial charge < -0.3 is 20.2 Å². The summed E-state index contributed by atoms with van der Waals surface area (Å²) in [5.74, 6) is -1.54. The Balaban J connectivity index is 1.36. The van der Waals surface area contributed by atoms with Crippen LogP contribution in [0.2, 0.25) is 0 Å². The Hall–Kier alpha value is -3.17. The molecule has 2 N–H and O–H groups in total. The van der Waals surface area contributed by atoms with E-state index in [1.807, 2.05) is 42.2 Å². The number of hydrogen-bond donors (Lipinski definition) is 2. The highest BCUT2D eigenvalue weighted by molar-refractivity contribution is 8.01. The van der Waals surface area contributed by atoms with Crippen LogP contribution in [0.15, 0.2) is 60.7 Å². The molecule has 2 saturated heterocycles. The second-order valence-corrected chi connectivity index (χ2v) is 11.7. The lowest BCUT2D eigenvalue weighted by molar-refractivity contribution is -0.170. The Morgan fingerprint density at radius 1 is 1.21 bits per heavy atom. The number of nitrogens with one attached hydrogen (secondary N) is 1.